The smallest absolute Gasteiger partial charge is 0.241 e. The number of nitrogens with one attached hydrogen (secondary N) is 2. The van der Waals surface area contributed by atoms with Crippen molar-refractivity contribution in [1.29, 1.82) is 0 Å². The lowest BCUT2D eigenvalue weighted by Crippen LogP contribution is -2.47. The Morgan fingerprint density at radius 2 is 1.93 bits per heavy atom. The molecule has 0 bridgehead atoms. The molecule has 0 aliphatic rings. The van der Waals surface area contributed by atoms with Gasteiger partial charge in [-0.15, -0.1) is 0 Å². The van der Waals surface area contributed by atoms with Crippen LogP contribution in [0.15, 0.2) is 59.5 Å². The number of carbonyl (C=O) groups excluding carboxylic acids is 1. The van der Waals surface area contributed by atoms with Gasteiger partial charge < -0.3 is 10.1 Å². The van der Waals surface area contributed by atoms with E-state index in [0.717, 1.165) is 0 Å². The standard InChI is InChI=1S/C19H23ClN2O4S2/c1-27-13-10-18(22-28(24,25)17-8-3-2-4-9-17)19(23)21-11-12-26-16-7-5-6-15(20)14-16/h2-9,14,18,22H,10-13H2,1H3,(H,21,23). The van der Waals surface area contributed by atoms with E-state index in [9.17, 15) is 13.2 Å². The summed E-state index contributed by atoms with van der Waals surface area (Å²) in [5.41, 5.74) is 0. The fraction of sp³-hybridized carbons (Fsp3) is 0.316. The van der Waals surface area contributed by atoms with Gasteiger partial charge in [0.25, 0.3) is 0 Å². The second-order valence-electron chi connectivity index (χ2n) is 5.87. The van der Waals surface area contributed by atoms with Crippen LogP contribution in [0.4, 0.5) is 0 Å². The largest absolute Gasteiger partial charge is 0.492 e. The third-order valence-corrected chi connectivity index (χ3v) is 6.11. The van der Waals surface area contributed by atoms with E-state index in [2.05, 4.69) is 10.0 Å². The number of benzene rings is 2. The van der Waals surface area contributed by atoms with E-state index in [1.165, 1.54) is 12.1 Å². The lowest BCUT2D eigenvalue weighted by Gasteiger charge is -2.18. The van der Waals surface area contributed by atoms with Gasteiger partial charge >= 0.3 is 0 Å². The third-order valence-electron chi connectivity index (χ3n) is 3.74. The number of rotatable bonds is 11. The van der Waals surface area contributed by atoms with Gasteiger partial charge in [-0.25, -0.2) is 8.42 Å². The summed E-state index contributed by atoms with van der Waals surface area (Å²) >= 11 is 7.44. The monoisotopic (exact) mass is 442 g/mol. The molecule has 0 radical (unpaired) electrons. The lowest BCUT2D eigenvalue weighted by atomic mass is 10.2. The average molecular weight is 443 g/mol. The molecule has 2 rings (SSSR count). The van der Waals surface area contributed by atoms with Crippen LogP contribution >= 0.6 is 23.4 Å². The minimum absolute atomic E-state index is 0.126. The minimum atomic E-state index is -3.78. The summed E-state index contributed by atoms with van der Waals surface area (Å²) < 4.78 is 33.1. The van der Waals surface area contributed by atoms with Crippen LogP contribution in [0.2, 0.25) is 5.02 Å². The molecule has 152 valence electrons. The highest BCUT2D eigenvalue weighted by Gasteiger charge is 2.25. The van der Waals surface area contributed by atoms with Crippen molar-refractivity contribution in [2.75, 3.05) is 25.2 Å². The molecule has 1 unspecified atom stereocenters. The molecule has 2 aromatic rings. The fourth-order valence-corrected chi connectivity index (χ4v) is 4.26. The van der Waals surface area contributed by atoms with Crippen LogP contribution in [0.25, 0.3) is 0 Å². The maximum atomic E-state index is 12.5. The molecule has 0 saturated heterocycles. The molecule has 0 heterocycles. The Morgan fingerprint density at radius 3 is 2.61 bits per heavy atom. The predicted octanol–water partition coefficient (Wildman–Crippen LogP) is 2.94. The van der Waals surface area contributed by atoms with Gasteiger partial charge in [-0.1, -0.05) is 35.9 Å². The predicted molar refractivity (Wildman–Crippen MR) is 114 cm³/mol. The van der Waals surface area contributed by atoms with Crippen molar-refractivity contribution in [3.8, 4) is 5.75 Å². The Labute approximate surface area is 175 Å². The molecule has 2 aromatic carbocycles. The SMILES string of the molecule is CSCCC(NS(=O)(=O)c1ccccc1)C(=O)NCCOc1cccc(Cl)c1. The van der Waals surface area contributed by atoms with Crippen molar-refractivity contribution in [2.24, 2.45) is 0 Å². The maximum Gasteiger partial charge on any atom is 0.241 e. The van der Waals surface area contributed by atoms with Gasteiger partial charge in [0.1, 0.15) is 18.4 Å². The van der Waals surface area contributed by atoms with Crippen molar-refractivity contribution >= 4 is 39.3 Å². The van der Waals surface area contributed by atoms with E-state index in [4.69, 9.17) is 16.3 Å². The number of halogens is 1. The number of sulfonamides is 1. The zero-order valence-corrected chi connectivity index (χ0v) is 17.8. The van der Waals surface area contributed by atoms with E-state index < -0.39 is 16.1 Å². The quantitative estimate of drug-likeness (QED) is 0.522. The molecule has 0 aromatic heterocycles. The van der Waals surface area contributed by atoms with Crippen LogP contribution in [-0.4, -0.2) is 45.5 Å². The van der Waals surface area contributed by atoms with Crippen LogP contribution in [0.5, 0.6) is 5.75 Å². The van der Waals surface area contributed by atoms with Crippen molar-refractivity contribution in [2.45, 2.75) is 17.4 Å². The highest BCUT2D eigenvalue weighted by Crippen LogP contribution is 2.16. The van der Waals surface area contributed by atoms with Crippen LogP contribution in [0, 0.1) is 0 Å². The first-order chi connectivity index (χ1) is 13.4. The van der Waals surface area contributed by atoms with Crippen LogP contribution in [0.1, 0.15) is 6.42 Å². The number of amides is 1. The van der Waals surface area contributed by atoms with E-state index in [1.807, 2.05) is 6.26 Å². The molecule has 0 spiro atoms. The summed E-state index contributed by atoms with van der Waals surface area (Å²) in [6.45, 7) is 0.487. The van der Waals surface area contributed by atoms with Gasteiger partial charge in [0, 0.05) is 5.02 Å². The first-order valence-corrected chi connectivity index (χ1v) is 11.9. The topological polar surface area (TPSA) is 84.5 Å². The Balaban J connectivity index is 1.91. The van der Waals surface area contributed by atoms with Gasteiger partial charge in [0.05, 0.1) is 11.4 Å². The van der Waals surface area contributed by atoms with Gasteiger partial charge in [-0.05, 0) is 48.8 Å². The highest BCUT2D eigenvalue weighted by atomic mass is 35.5. The molecule has 2 N–H and O–H groups in total. The zero-order valence-electron chi connectivity index (χ0n) is 15.4. The van der Waals surface area contributed by atoms with Gasteiger partial charge in [0.2, 0.25) is 15.9 Å². The van der Waals surface area contributed by atoms with E-state index in [0.29, 0.717) is 22.9 Å². The molecule has 6 nitrogen and oxygen atoms in total. The average Bonchev–Trinajstić information content (AvgIpc) is 2.69. The molecular weight excluding hydrogens is 420 g/mol. The first-order valence-electron chi connectivity index (χ1n) is 8.65. The number of ether oxygens (including phenoxy) is 1. The molecule has 28 heavy (non-hydrogen) atoms. The van der Waals surface area contributed by atoms with Crippen LogP contribution in [0.3, 0.4) is 0 Å². The molecule has 9 heteroatoms. The maximum absolute atomic E-state index is 12.5. The van der Waals surface area contributed by atoms with Gasteiger partial charge in [0.15, 0.2) is 0 Å². The molecular formula is C19H23ClN2O4S2. The molecule has 0 saturated carbocycles. The summed E-state index contributed by atoms with van der Waals surface area (Å²) in [5.74, 6) is 0.864. The van der Waals surface area contributed by atoms with E-state index in [-0.39, 0.29) is 24.0 Å². The van der Waals surface area contributed by atoms with Crippen molar-refractivity contribution in [3.05, 3.63) is 59.6 Å². The zero-order chi connectivity index (χ0) is 20.4. The van der Waals surface area contributed by atoms with E-state index >= 15 is 0 Å². The van der Waals surface area contributed by atoms with Crippen molar-refractivity contribution < 1.29 is 17.9 Å². The molecule has 1 atom stereocenters. The Morgan fingerprint density at radius 1 is 1.18 bits per heavy atom. The summed E-state index contributed by atoms with van der Waals surface area (Å²) in [4.78, 5) is 12.6. The second kappa shape index (κ2) is 11.3. The Hall–Kier alpha value is -1.74. The molecule has 0 fully saturated rings. The van der Waals surface area contributed by atoms with E-state index in [1.54, 1.807) is 54.2 Å². The second-order valence-corrected chi connectivity index (χ2v) is 9.00. The van der Waals surface area contributed by atoms with Gasteiger partial charge in [-0.3, -0.25) is 4.79 Å². The number of carbonyl (C=O) groups is 1. The Kier molecular flexibility index (Phi) is 9.11. The van der Waals surface area contributed by atoms with Crippen molar-refractivity contribution in [1.82, 2.24) is 10.0 Å². The lowest BCUT2D eigenvalue weighted by molar-refractivity contribution is -0.122. The summed E-state index contributed by atoms with van der Waals surface area (Å²) in [5, 5.41) is 3.28. The number of thioether (sulfide) groups is 1. The summed E-state index contributed by atoms with van der Waals surface area (Å²) in [6.07, 6.45) is 2.29. The van der Waals surface area contributed by atoms with Gasteiger partial charge in [-0.2, -0.15) is 16.5 Å². The third kappa shape index (κ3) is 7.35. The molecule has 0 aliphatic carbocycles. The fourth-order valence-electron chi connectivity index (χ4n) is 2.36. The number of hydrogen-bond acceptors (Lipinski definition) is 5. The normalized spacial score (nSPS) is 12.4. The first kappa shape index (κ1) is 22.5. The number of hydrogen-bond donors (Lipinski definition) is 2. The summed E-state index contributed by atoms with van der Waals surface area (Å²) in [7, 11) is -3.78. The molecule has 1 amide bonds. The molecule has 0 aliphatic heterocycles. The highest BCUT2D eigenvalue weighted by molar-refractivity contribution is 7.98. The summed E-state index contributed by atoms with van der Waals surface area (Å²) in [6, 6.07) is 14.1. The Bertz CT molecular complexity index is 863. The van der Waals surface area contributed by atoms with Crippen LogP contribution in [-0.2, 0) is 14.8 Å². The van der Waals surface area contributed by atoms with Crippen molar-refractivity contribution in [3.63, 3.8) is 0 Å². The van der Waals surface area contributed by atoms with Crippen LogP contribution < -0.4 is 14.8 Å². The minimum Gasteiger partial charge on any atom is -0.492 e.